The molecule has 0 amide bonds. The summed E-state index contributed by atoms with van der Waals surface area (Å²) in [7, 11) is 0. The van der Waals surface area contributed by atoms with E-state index in [-0.39, 0.29) is 11.1 Å². The predicted molar refractivity (Wildman–Crippen MR) is 121 cm³/mol. The molecule has 166 valence electrons. The molecule has 1 aromatic rings. The lowest BCUT2D eigenvalue weighted by molar-refractivity contribution is -0.135. The van der Waals surface area contributed by atoms with Gasteiger partial charge in [-0.05, 0) is 111 Å². The third-order valence-corrected chi connectivity index (χ3v) is 10.7. The Labute approximate surface area is 185 Å². The van der Waals surface area contributed by atoms with Gasteiger partial charge in [-0.2, -0.15) is 5.11 Å². The van der Waals surface area contributed by atoms with E-state index in [0.29, 0.717) is 23.0 Å². The van der Waals surface area contributed by atoms with E-state index in [1.165, 1.54) is 38.5 Å². The van der Waals surface area contributed by atoms with Crippen molar-refractivity contribution >= 4 is 17.3 Å². The molecule has 0 aromatic carbocycles. The molecule has 0 bridgehead atoms. The highest BCUT2D eigenvalue weighted by molar-refractivity contribution is 5.79. The van der Waals surface area contributed by atoms with Crippen LogP contribution < -0.4 is 5.32 Å². The third kappa shape index (κ3) is 2.74. The van der Waals surface area contributed by atoms with E-state index >= 15 is 0 Å². The van der Waals surface area contributed by atoms with Gasteiger partial charge in [0.15, 0.2) is 11.5 Å². The molecule has 0 saturated heterocycles. The minimum Gasteiger partial charge on any atom is -0.357 e. The van der Waals surface area contributed by atoms with E-state index in [1.54, 1.807) is 6.20 Å². The van der Waals surface area contributed by atoms with Crippen molar-refractivity contribution in [2.24, 2.45) is 50.6 Å². The second-order valence-electron chi connectivity index (χ2n) is 11.9. The highest BCUT2D eigenvalue weighted by atomic mass is 16.1. The Hall–Kier alpha value is -1.78. The van der Waals surface area contributed by atoms with Gasteiger partial charge in [0.2, 0.25) is 0 Å². The Morgan fingerprint density at radius 2 is 1.87 bits per heavy atom. The molecular formula is C26H36N4O. The number of anilines is 1. The zero-order valence-corrected chi connectivity index (χ0v) is 19.2. The third-order valence-electron chi connectivity index (χ3n) is 10.7. The van der Waals surface area contributed by atoms with E-state index in [1.807, 2.05) is 13.0 Å². The summed E-state index contributed by atoms with van der Waals surface area (Å²) in [5.41, 5.74) is 1.44. The van der Waals surface area contributed by atoms with Gasteiger partial charge in [0.25, 0.3) is 0 Å². The van der Waals surface area contributed by atoms with E-state index in [0.717, 1.165) is 48.5 Å². The Balaban J connectivity index is 1.25. The average molecular weight is 421 g/mol. The Morgan fingerprint density at radius 3 is 2.71 bits per heavy atom. The van der Waals surface area contributed by atoms with Gasteiger partial charge in [0.1, 0.15) is 5.78 Å². The van der Waals surface area contributed by atoms with Gasteiger partial charge in [-0.3, -0.25) is 4.79 Å². The van der Waals surface area contributed by atoms with Crippen molar-refractivity contribution in [3.63, 3.8) is 0 Å². The van der Waals surface area contributed by atoms with Crippen molar-refractivity contribution in [3.05, 3.63) is 18.3 Å². The van der Waals surface area contributed by atoms with Gasteiger partial charge in [-0.25, -0.2) is 4.98 Å². The van der Waals surface area contributed by atoms with Gasteiger partial charge >= 0.3 is 0 Å². The standard InChI is InChI=1S/C26H36N4O/c1-16(31)19-8-9-20-18-7-6-17-15-26(28-22-5-4-14-27-23(22)29-30-26)13-12-24(17,2)21(18)10-11-25(19,20)3/h4-5,14,17-21,28H,6-13,15H2,1-3H3/t17-,18+,19-,20+,21+,24+,25-,26?/m1/s1. The van der Waals surface area contributed by atoms with Gasteiger partial charge in [-0.1, -0.05) is 13.8 Å². The molecule has 6 rings (SSSR count). The lowest BCUT2D eigenvalue weighted by Crippen LogP contribution is -2.57. The van der Waals surface area contributed by atoms with Crippen LogP contribution in [0, 0.1) is 40.4 Å². The second kappa shape index (κ2) is 6.62. The number of hydrogen-bond donors (Lipinski definition) is 1. The van der Waals surface area contributed by atoms with Crippen LogP contribution in [0.25, 0.3) is 0 Å². The smallest absolute Gasteiger partial charge is 0.197 e. The normalized spacial score (nSPS) is 47.6. The number of carbonyl (C=O) groups excluding carboxylic acids is 1. The van der Waals surface area contributed by atoms with Crippen LogP contribution in [-0.2, 0) is 4.79 Å². The molecule has 4 aliphatic carbocycles. The number of ketones is 1. The van der Waals surface area contributed by atoms with Crippen LogP contribution in [0.4, 0.5) is 11.5 Å². The molecule has 1 aromatic heterocycles. The number of fused-ring (bicyclic) bond motifs is 6. The summed E-state index contributed by atoms with van der Waals surface area (Å²) in [4.78, 5) is 16.7. The van der Waals surface area contributed by atoms with Crippen LogP contribution >= 0.6 is 0 Å². The Morgan fingerprint density at radius 1 is 1.03 bits per heavy atom. The van der Waals surface area contributed by atoms with Crippen molar-refractivity contribution in [3.8, 4) is 0 Å². The topological polar surface area (TPSA) is 66.7 Å². The largest absolute Gasteiger partial charge is 0.357 e. The summed E-state index contributed by atoms with van der Waals surface area (Å²) in [6.45, 7) is 6.88. The van der Waals surface area contributed by atoms with Crippen molar-refractivity contribution in [2.75, 3.05) is 5.32 Å². The summed E-state index contributed by atoms with van der Waals surface area (Å²) in [5.74, 6) is 4.52. The molecule has 4 fully saturated rings. The molecule has 31 heavy (non-hydrogen) atoms. The highest BCUT2D eigenvalue weighted by Gasteiger charge is 2.62. The monoisotopic (exact) mass is 420 g/mol. The van der Waals surface area contributed by atoms with Crippen molar-refractivity contribution in [1.82, 2.24) is 4.98 Å². The first-order chi connectivity index (χ1) is 14.8. The molecule has 1 spiro atoms. The molecule has 5 aliphatic rings. The summed E-state index contributed by atoms with van der Waals surface area (Å²) < 4.78 is 0. The van der Waals surface area contributed by atoms with Crippen LogP contribution in [0.3, 0.4) is 0 Å². The van der Waals surface area contributed by atoms with E-state index in [4.69, 9.17) is 5.11 Å². The minimum absolute atomic E-state index is 0.247. The molecule has 1 N–H and O–H groups in total. The Kier molecular flexibility index (Phi) is 4.24. The minimum atomic E-state index is -0.247. The number of azo groups is 1. The molecule has 5 nitrogen and oxygen atoms in total. The maximum absolute atomic E-state index is 12.4. The average Bonchev–Trinajstić information content (AvgIpc) is 3.12. The number of pyridine rings is 1. The van der Waals surface area contributed by atoms with E-state index < -0.39 is 0 Å². The van der Waals surface area contributed by atoms with E-state index in [2.05, 4.69) is 35.3 Å². The molecular weight excluding hydrogens is 384 g/mol. The zero-order valence-electron chi connectivity index (χ0n) is 19.2. The van der Waals surface area contributed by atoms with Crippen LogP contribution in [0.5, 0.6) is 0 Å². The fourth-order valence-corrected chi connectivity index (χ4v) is 9.11. The Bertz CT molecular complexity index is 945. The van der Waals surface area contributed by atoms with Gasteiger partial charge in [-0.15, -0.1) is 5.11 Å². The SMILES string of the molecule is CC(=O)[C@H]1CC[C@H]2[C@@H]3CC[C@@H]4CC5(CC[C@]4(C)[C@H]3CC[C@]12C)N=Nc1ncccc1N5. The van der Waals surface area contributed by atoms with Crippen molar-refractivity contribution < 1.29 is 4.79 Å². The maximum Gasteiger partial charge on any atom is 0.197 e. The van der Waals surface area contributed by atoms with Crippen molar-refractivity contribution in [2.45, 2.75) is 84.2 Å². The summed E-state index contributed by atoms with van der Waals surface area (Å²) in [6.07, 6.45) is 12.7. The number of rotatable bonds is 1. The molecule has 1 aliphatic heterocycles. The van der Waals surface area contributed by atoms with Crippen LogP contribution in [0.2, 0.25) is 0 Å². The molecule has 2 heterocycles. The molecule has 5 heteroatoms. The van der Waals surface area contributed by atoms with Gasteiger partial charge in [0.05, 0.1) is 5.69 Å². The van der Waals surface area contributed by atoms with E-state index in [9.17, 15) is 4.79 Å². The number of nitrogens with one attached hydrogen (secondary N) is 1. The lowest BCUT2D eigenvalue weighted by Gasteiger charge is -2.62. The molecule has 4 saturated carbocycles. The number of Topliss-reactive ketones (excluding diaryl/α,β-unsaturated/α-hetero) is 1. The number of aromatic nitrogens is 1. The van der Waals surface area contributed by atoms with Crippen LogP contribution in [0.15, 0.2) is 28.6 Å². The van der Waals surface area contributed by atoms with Crippen LogP contribution in [-0.4, -0.2) is 16.4 Å². The van der Waals surface area contributed by atoms with Crippen molar-refractivity contribution in [1.29, 1.82) is 0 Å². The fraction of sp³-hybridized carbons (Fsp3) is 0.769. The highest BCUT2D eigenvalue weighted by Crippen LogP contribution is 2.68. The first-order valence-corrected chi connectivity index (χ1v) is 12.5. The van der Waals surface area contributed by atoms with Crippen LogP contribution in [0.1, 0.15) is 78.6 Å². The number of nitrogens with zero attached hydrogens (tertiary/aromatic N) is 3. The van der Waals surface area contributed by atoms with Gasteiger partial charge < -0.3 is 5.32 Å². The number of hydrogen-bond acceptors (Lipinski definition) is 5. The zero-order chi connectivity index (χ0) is 21.4. The summed E-state index contributed by atoms with van der Waals surface area (Å²) in [5, 5.41) is 13.0. The first kappa shape index (κ1) is 19.9. The first-order valence-electron chi connectivity index (χ1n) is 12.5. The molecule has 1 unspecified atom stereocenters. The second-order valence-corrected chi connectivity index (χ2v) is 11.9. The predicted octanol–water partition coefficient (Wildman–Crippen LogP) is 6.54. The summed E-state index contributed by atoms with van der Waals surface area (Å²) in [6, 6.07) is 4.06. The quantitative estimate of drug-likeness (QED) is 0.561. The molecule has 0 radical (unpaired) electrons. The lowest BCUT2D eigenvalue weighted by atomic mass is 9.44. The maximum atomic E-state index is 12.4. The van der Waals surface area contributed by atoms with Gasteiger partial charge in [0, 0.05) is 12.1 Å². The number of carbonyl (C=O) groups is 1. The molecule has 8 atom stereocenters. The fourth-order valence-electron chi connectivity index (χ4n) is 9.11. The summed E-state index contributed by atoms with van der Waals surface area (Å²) >= 11 is 0.